The summed E-state index contributed by atoms with van der Waals surface area (Å²) in [5, 5.41) is 0. The smallest absolute Gasteiger partial charge is 0.143 e. The number of carbonyl (C=O) groups excluding carboxylic acids is 2. The van der Waals surface area contributed by atoms with Crippen LogP contribution in [0.15, 0.2) is 0 Å². The quantitative estimate of drug-likeness (QED) is 0.543. The second-order valence-corrected chi connectivity index (χ2v) is 3.01. The number of nitrogens with zero attached hydrogens (tertiary/aromatic N) is 1. The molecule has 0 heterocycles. The van der Waals surface area contributed by atoms with Gasteiger partial charge in [0.05, 0.1) is 19.8 Å². The molecule has 0 aromatic heterocycles. The van der Waals surface area contributed by atoms with Crippen molar-refractivity contribution in [2.24, 2.45) is 0 Å². The summed E-state index contributed by atoms with van der Waals surface area (Å²) in [4.78, 5) is 23.3. The van der Waals surface area contributed by atoms with Crippen LogP contribution in [-0.4, -0.2) is 42.9 Å². The molecular weight excluding hydrogens is 170 g/mol. The number of rotatable bonds is 7. The van der Waals surface area contributed by atoms with Crippen LogP contribution in [0.2, 0.25) is 0 Å². The van der Waals surface area contributed by atoms with E-state index in [0.717, 1.165) is 0 Å². The molecule has 0 amide bonds. The van der Waals surface area contributed by atoms with Gasteiger partial charge in [-0.1, -0.05) is 0 Å². The molecule has 0 saturated heterocycles. The van der Waals surface area contributed by atoms with Crippen molar-refractivity contribution in [3.63, 3.8) is 0 Å². The summed E-state index contributed by atoms with van der Waals surface area (Å²) in [6.45, 7) is 6.36. The van der Waals surface area contributed by atoms with Crippen molar-refractivity contribution < 1.29 is 14.3 Å². The average molecular weight is 187 g/mol. The fourth-order valence-electron chi connectivity index (χ4n) is 0.997. The second-order valence-electron chi connectivity index (χ2n) is 3.01. The van der Waals surface area contributed by atoms with E-state index in [2.05, 4.69) is 0 Å². The van der Waals surface area contributed by atoms with Gasteiger partial charge in [0.25, 0.3) is 0 Å². The van der Waals surface area contributed by atoms with Gasteiger partial charge in [-0.15, -0.1) is 0 Å². The van der Waals surface area contributed by atoms with Crippen LogP contribution in [-0.2, 0) is 14.3 Å². The number of Topliss-reactive ketones (excluding diaryl/α,β-unsaturated/α-hetero) is 2. The summed E-state index contributed by atoms with van der Waals surface area (Å²) in [5.41, 5.74) is 0. The molecule has 4 nitrogen and oxygen atoms in total. The topological polar surface area (TPSA) is 46.6 Å². The molecular formula is C9H17NO3. The van der Waals surface area contributed by atoms with Crippen LogP contribution < -0.4 is 0 Å². The highest BCUT2D eigenvalue weighted by Crippen LogP contribution is 1.90. The zero-order valence-electron chi connectivity index (χ0n) is 8.50. The van der Waals surface area contributed by atoms with Gasteiger partial charge in [-0.05, 0) is 20.8 Å². The molecule has 0 aliphatic carbocycles. The predicted octanol–water partition coefficient (Wildman–Crippen LogP) is 0.460. The molecule has 0 spiro atoms. The van der Waals surface area contributed by atoms with Crippen LogP contribution in [0.3, 0.4) is 0 Å². The van der Waals surface area contributed by atoms with E-state index in [9.17, 15) is 9.59 Å². The van der Waals surface area contributed by atoms with Gasteiger partial charge in [-0.2, -0.15) is 0 Å². The van der Waals surface area contributed by atoms with Gasteiger partial charge in [0, 0.05) is 6.61 Å². The zero-order valence-corrected chi connectivity index (χ0v) is 8.50. The Morgan fingerprint density at radius 1 is 1.15 bits per heavy atom. The Hall–Kier alpha value is -0.740. The van der Waals surface area contributed by atoms with Gasteiger partial charge in [0.1, 0.15) is 11.6 Å². The van der Waals surface area contributed by atoms with Crippen LogP contribution in [0.5, 0.6) is 0 Å². The van der Waals surface area contributed by atoms with Gasteiger partial charge in [0.15, 0.2) is 0 Å². The summed E-state index contributed by atoms with van der Waals surface area (Å²) < 4.78 is 5.12. The highest BCUT2D eigenvalue weighted by atomic mass is 16.5. The van der Waals surface area contributed by atoms with Crippen LogP contribution in [0.25, 0.3) is 0 Å². The summed E-state index contributed by atoms with van der Waals surface area (Å²) in [6, 6.07) is 0. The molecule has 0 bridgehead atoms. The minimum atomic E-state index is 0.0425. The minimum Gasteiger partial charge on any atom is -0.366 e. The maximum Gasteiger partial charge on any atom is 0.143 e. The van der Waals surface area contributed by atoms with Crippen molar-refractivity contribution >= 4 is 11.6 Å². The number of hydrogen-bond acceptors (Lipinski definition) is 4. The van der Waals surface area contributed by atoms with Crippen molar-refractivity contribution in [1.29, 1.82) is 0 Å². The first-order valence-corrected chi connectivity index (χ1v) is 4.35. The van der Waals surface area contributed by atoms with Crippen LogP contribution in [0.4, 0.5) is 0 Å². The van der Waals surface area contributed by atoms with E-state index in [-0.39, 0.29) is 24.7 Å². The third kappa shape index (κ3) is 7.62. The maximum atomic E-state index is 10.8. The van der Waals surface area contributed by atoms with E-state index in [1.165, 1.54) is 13.8 Å². The summed E-state index contributed by atoms with van der Waals surface area (Å²) in [5.74, 6) is 0.0851. The monoisotopic (exact) mass is 187 g/mol. The molecule has 13 heavy (non-hydrogen) atoms. The van der Waals surface area contributed by atoms with Gasteiger partial charge >= 0.3 is 0 Å². The number of ketones is 2. The van der Waals surface area contributed by atoms with Crippen molar-refractivity contribution in [3.8, 4) is 0 Å². The average Bonchev–Trinajstić information content (AvgIpc) is 1.98. The Kier molecular flexibility index (Phi) is 6.36. The predicted molar refractivity (Wildman–Crippen MR) is 49.4 cm³/mol. The largest absolute Gasteiger partial charge is 0.366 e. The lowest BCUT2D eigenvalue weighted by molar-refractivity contribution is -0.123. The molecule has 0 aromatic carbocycles. The molecule has 0 rings (SSSR count). The Morgan fingerprint density at radius 2 is 1.62 bits per heavy atom. The van der Waals surface area contributed by atoms with Gasteiger partial charge in [-0.25, -0.2) is 0 Å². The van der Waals surface area contributed by atoms with Crippen molar-refractivity contribution in [2.45, 2.75) is 20.8 Å². The number of ether oxygens (including phenoxy) is 1. The van der Waals surface area contributed by atoms with E-state index in [1.54, 1.807) is 4.90 Å². The van der Waals surface area contributed by atoms with Crippen LogP contribution >= 0.6 is 0 Å². The SMILES string of the molecule is CCOCN(CC(C)=O)CC(C)=O. The van der Waals surface area contributed by atoms with E-state index >= 15 is 0 Å². The first kappa shape index (κ1) is 12.3. The lowest BCUT2D eigenvalue weighted by Gasteiger charge is -2.18. The van der Waals surface area contributed by atoms with Crippen molar-refractivity contribution in [2.75, 3.05) is 26.4 Å². The first-order chi connectivity index (χ1) is 6.06. The molecule has 0 N–H and O–H groups in total. The molecule has 0 atom stereocenters. The molecule has 0 aromatic rings. The standard InChI is InChI=1S/C9H17NO3/c1-4-13-7-10(5-8(2)11)6-9(3)12/h4-7H2,1-3H3. The summed E-state index contributed by atoms with van der Waals surface area (Å²) >= 11 is 0. The lowest BCUT2D eigenvalue weighted by Crippen LogP contribution is -2.34. The summed E-state index contributed by atoms with van der Waals surface area (Å²) in [7, 11) is 0. The highest BCUT2D eigenvalue weighted by Gasteiger charge is 2.09. The molecule has 0 aliphatic heterocycles. The molecule has 0 aliphatic rings. The Balaban J connectivity index is 3.87. The van der Waals surface area contributed by atoms with Gasteiger partial charge < -0.3 is 4.74 Å². The van der Waals surface area contributed by atoms with E-state index in [4.69, 9.17) is 4.74 Å². The highest BCUT2D eigenvalue weighted by molar-refractivity contribution is 5.80. The molecule has 0 radical (unpaired) electrons. The second kappa shape index (κ2) is 6.74. The Labute approximate surface area is 78.9 Å². The molecule has 0 saturated carbocycles. The van der Waals surface area contributed by atoms with Crippen LogP contribution in [0, 0.1) is 0 Å². The minimum absolute atomic E-state index is 0.0425. The fraction of sp³-hybridized carbons (Fsp3) is 0.778. The first-order valence-electron chi connectivity index (χ1n) is 4.35. The van der Waals surface area contributed by atoms with Gasteiger partial charge in [-0.3, -0.25) is 14.5 Å². The van der Waals surface area contributed by atoms with Crippen molar-refractivity contribution in [3.05, 3.63) is 0 Å². The molecule has 4 heteroatoms. The normalized spacial score (nSPS) is 10.5. The third-order valence-corrected chi connectivity index (χ3v) is 1.37. The Morgan fingerprint density at radius 3 is 1.92 bits per heavy atom. The van der Waals surface area contributed by atoms with E-state index < -0.39 is 0 Å². The molecule has 76 valence electrons. The lowest BCUT2D eigenvalue weighted by atomic mass is 10.3. The van der Waals surface area contributed by atoms with E-state index in [1.807, 2.05) is 6.92 Å². The summed E-state index contributed by atoms with van der Waals surface area (Å²) in [6.07, 6.45) is 0. The fourth-order valence-corrected chi connectivity index (χ4v) is 0.997. The molecule has 0 unspecified atom stereocenters. The van der Waals surface area contributed by atoms with E-state index in [0.29, 0.717) is 13.3 Å². The maximum absolute atomic E-state index is 10.8. The zero-order chi connectivity index (χ0) is 10.3. The van der Waals surface area contributed by atoms with Crippen LogP contribution in [0.1, 0.15) is 20.8 Å². The van der Waals surface area contributed by atoms with Crippen molar-refractivity contribution in [1.82, 2.24) is 4.90 Å². The molecule has 0 fully saturated rings. The van der Waals surface area contributed by atoms with Gasteiger partial charge in [0.2, 0.25) is 0 Å². The number of carbonyl (C=O) groups is 2. The Bertz CT molecular complexity index is 164. The third-order valence-electron chi connectivity index (χ3n) is 1.37. The number of hydrogen-bond donors (Lipinski definition) is 0.